The molecule has 0 bridgehead atoms. The van der Waals surface area contributed by atoms with Gasteiger partial charge in [0.15, 0.2) is 0 Å². The molecule has 2 rings (SSSR count). The highest BCUT2D eigenvalue weighted by Gasteiger charge is 1.98. The van der Waals surface area contributed by atoms with Crippen molar-refractivity contribution in [3.05, 3.63) is 59.9 Å². The van der Waals surface area contributed by atoms with Gasteiger partial charge in [0.05, 0.1) is 0 Å². The van der Waals surface area contributed by atoms with Crippen LogP contribution in [-0.2, 0) is 4.79 Å². The monoisotopic (exact) mass is 215 g/mol. The van der Waals surface area contributed by atoms with Crippen molar-refractivity contribution in [1.29, 1.82) is 0 Å². The van der Waals surface area contributed by atoms with Crippen LogP contribution in [-0.4, -0.2) is 6.29 Å². The van der Waals surface area contributed by atoms with Gasteiger partial charge in [-0.15, -0.1) is 0 Å². The minimum atomic E-state index is -0.307. The van der Waals surface area contributed by atoms with Crippen LogP contribution in [0.25, 0.3) is 0 Å². The van der Waals surface area contributed by atoms with E-state index in [9.17, 15) is 9.18 Å². The van der Waals surface area contributed by atoms with Gasteiger partial charge in [-0.2, -0.15) is 0 Å². The number of hydrogen-bond acceptors (Lipinski definition) is 2. The first-order valence-electron chi connectivity index (χ1n) is 4.69. The van der Waals surface area contributed by atoms with Crippen LogP contribution in [0.3, 0.4) is 0 Å². The highest BCUT2D eigenvalue weighted by molar-refractivity contribution is 5.75. The Morgan fingerprint density at radius 3 is 1.88 bits per heavy atom. The summed E-state index contributed by atoms with van der Waals surface area (Å²) < 4.78 is 18.1. The van der Waals surface area contributed by atoms with Crippen molar-refractivity contribution in [2.45, 2.75) is 0 Å². The first-order chi connectivity index (χ1) is 7.78. The summed E-state index contributed by atoms with van der Waals surface area (Å²) >= 11 is 0. The number of carbonyl (C=O) groups excluding carboxylic acids is 1. The lowest BCUT2D eigenvalue weighted by Crippen LogP contribution is -1.85. The van der Waals surface area contributed by atoms with Crippen LogP contribution in [0.1, 0.15) is 5.56 Å². The molecule has 1 radical (unpaired) electrons. The van der Waals surface area contributed by atoms with E-state index in [1.54, 1.807) is 30.6 Å². The Morgan fingerprint density at radius 1 is 0.875 bits per heavy atom. The van der Waals surface area contributed by atoms with Gasteiger partial charge in [0.2, 0.25) is 6.29 Å². The van der Waals surface area contributed by atoms with Crippen LogP contribution in [0.15, 0.2) is 48.5 Å². The molecule has 2 aromatic carbocycles. The van der Waals surface area contributed by atoms with E-state index in [-0.39, 0.29) is 5.82 Å². The molecular weight excluding hydrogens is 207 g/mol. The fourth-order valence-corrected chi connectivity index (χ4v) is 1.23. The van der Waals surface area contributed by atoms with Crippen LogP contribution in [0.5, 0.6) is 11.5 Å². The molecule has 0 aliphatic carbocycles. The van der Waals surface area contributed by atoms with Crippen molar-refractivity contribution in [3.8, 4) is 11.5 Å². The Bertz CT molecular complexity index is 474. The molecule has 16 heavy (non-hydrogen) atoms. The average molecular weight is 215 g/mol. The Hall–Kier alpha value is -2.16. The zero-order chi connectivity index (χ0) is 11.4. The molecule has 0 heterocycles. The molecule has 2 aromatic rings. The fourth-order valence-electron chi connectivity index (χ4n) is 1.23. The molecule has 79 valence electrons. The molecule has 0 aliphatic heterocycles. The Balaban J connectivity index is 2.14. The minimum absolute atomic E-state index is 0.307. The summed E-state index contributed by atoms with van der Waals surface area (Å²) in [7, 11) is 0. The van der Waals surface area contributed by atoms with Crippen LogP contribution < -0.4 is 4.74 Å². The first kappa shape index (κ1) is 10.4. The minimum Gasteiger partial charge on any atom is -0.457 e. The normalized spacial score (nSPS) is 9.81. The van der Waals surface area contributed by atoms with E-state index in [1.807, 2.05) is 0 Å². The zero-order valence-corrected chi connectivity index (χ0v) is 8.31. The van der Waals surface area contributed by atoms with Gasteiger partial charge in [-0.3, -0.25) is 4.79 Å². The van der Waals surface area contributed by atoms with Crippen molar-refractivity contribution in [1.82, 2.24) is 0 Å². The van der Waals surface area contributed by atoms with Gasteiger partial charge in [-0.05, 0) is 48.5 Å². The second kappa shape index (κ2) is 4.57. The number of rotatable bonds is 3. The summed E-state index contributed by atoms with van der Waals surface area (Å²) in [5.74, 6) is 0.827. The molecule has 2 nitrogen and oxygen atoms in total. The lowest BCUT2D eigenvalue weighted by Gasteiger charge is -2.04. The molecule has 0 saturated carbocycles. The molecule has 0 unspecified atom stereocenters. The maximum atomic E-state index is 12.6. The van der Waals surface area contributed by atoms with Crippen molar-refractivity contribution < 1.29 is 13.9 Å². The molecule has 0 aromatic heterocycles. The standard InChI is InChI=1S/C13H8FO2/c14-11-3-7-13(8-4-11)16-12-5-1-10(9-15)2-6-12/h1-8H. The summed E-state index contributed by atoms with van der Waals surface area (Å²) in [5, 5.41) is 0. The maximum Gasteiger partial charge on any atom is 0.233 e. The van der Waals surface area contributed by atoms with E-state index in [4.69, 9.17) is 4.74 Å². The molecule has 0 aliphatic rings. The Morgan fingerprint density at radius 2 is 1.38 bits per heavy atom. The van der Waals surface area contributed by atoms with Gasteiger partial charge < -0.3 is 4.74 Å². The van der Waals surface area contributed by atoms with Crippen LogP contribution in [0, 0.1) is 5.82 Å². The van der Waals surface area contributed by atoms with E-state index in [1.165, 1.54) is 24.3 Å². The average Bonchev–Trinajstić information content (AvgIpc) is 2.33. The Kier molecular flexibility index (Phi) is 2.96. The van der Waals surface area contributed by atoms with Gasteiger partial charge in [0.25, 0.3) is 0 Å². The highest BCUT2D eigenvalue weighted by atomic mass is 19.1. The first-order valence-corrected chi connectivity index (χ1v) is 4.69. The van der Waals surface area contributed by atoms with E-state index in [0.29, 0.717) is 17.1 Å². The molecule has 0 amide bonds. The predicted octanol–water partition coefficient (Wildman–Crippen LogP) is 3.08. The van der Waals surface area contributed by atoms with Crippen LogP contribution in [0.2, 0.25) is 0 Å². The molecular formula is C13H8FO2. The summed E-state index contributed by atoms with van der Waals surface area (Å²) in [5.41, 5.74) is 0.464. The second-order valence-corrected chi connectivity index (χ2v) is 3.18. The van der Waals surface area contributed by atoms with Crippen molar-refractivity contribution >= 4 is 6.29 Å². The zero-order valence-electron chi connectivity index (χ0n) is 8.31. The maximum absolute atomic E-state index is 12.6. The molecule has 0 atom stereocenters. The van der Waals surface area contributed by atoms with Crippen molar-refractivity contribution in [3.63, 3.8) is 0 Å². The summed E-state index contributed by atoms with van der Waals surface area (Å²) in [6.45, 7) is 0. The largest absolute Gasteiger partial charge is 0.457 e. The third-order valence-corrected chi connectivity index (χ3v) is 2.02. The SMILES string of the molecule is O=[C]c1ccc(Oc2ccc(F)cc2)cc1. The number of ether oxygens (including phenoxy) is 1. The summed E-state index contributed by atoms with van der Waals surface area (Å²) in [4.78, 5) is 10.3. The van der Waals surface area contributed by atoms with Gasteiger partial charge in [0, 0.05) is 5.56 Å². The number of hydrogen-bond donors (Lipinski definition) is 0. The van der Waals surface area contributed by atoms with E-state index < -0.39 is 0 Å². The molecule has 0 saturated heterocycles. The molecule has 0 N–H and O–H groups in total. The van der Waals surface area contributed by atoms with Gasteiger partial charge in [-0.25, -0.2) is 4.39 Å². The Labute approximate surface area is 92.3 Å². The highest BCUT2D eigenvalue weighted by Crippen LogP contribution is 2.21. The third kappa shape index (κ3) is 2.45. The summed E-state index contributed by atoms with van der Waals surface area (Å²) in [6, 6.07) is 12.2. The van der Waals surface area contributed by atoms with Crippen molar-refractivity contribution in [2.24, 2.45) is 0 Å². The lowest BCUT2D eigenvalue weighted by atomic mass is 10.2. The summed E-state index contributed by atoms with van der Waals surface area (Å²) in [6.07, 6.45) is 1.77. The van der Waals surface area contributed by atoms with E-state index in [0.717, 1.165) is 0 Å². The number of benzene rings is 2. The molecule has 0 spiro atoms. The van der Waals surface area contributed by atoms with Crippen LogP contribution in [0.4, 0.5) is 4.39 Å². The topological polar surface area (TPSA) is 26.3 Å². The quantitative estimate of drug-likeness (QED) is 0.786. The second-order valence-electron chi connectivity index (χ2n) is 3.18. The van der Waals surface area contributed by atoms with E-state index in [2.05, 4.69) is 0 Å². The molecule has 3 heteroatoms. The van der Waals surface area contributed by atoms with Gasteiger partial charge >= 0.3 is 0 Å². The lowest BCUT2D eigenvalue weighted by molar-refractivity contribution is 0.480. The van der Waals surface area contributed by atoms with Crippen LogP contribution >= 0.6 is 0 Å². The molecule has 0 fully saturated rings. The van der Waals surface area contributed by atoms with Crippen molar-refractivity contribution in [2.75, 3.05) is 0 Å². The van der Waals surface area contributed by atoms with Gasteiger partial charge in [0.1, 0.15) is 17.3 Å². The fraction of sp³-hybridized carbons (Fsp3) is 0. The number of halogens is 1. The van der Waals surface area contributed by atoms with Gasteiger partial charge in [-0.1, -0.05) is 0 Å². The van der Waals surface area contributed by atoms with E-state index >= 15 is 0 Å². The smallest absolute Gasteiger partial charge is 0.233 e. The predicted molar refractivity (Wildman–Crippen MR) is 57.7 cm³/mol. The third-order valence-electron chi connectivity index (χ3n) is 2.02.